The van der Waals surface area contributed by atoms with Crippen LogP contribution in [0.2, 0.25) is 0 Å². The van der Waals surface area contributed by atoms with Crippen molar-refractivity contribution in [2.24, 2.45) is 0 Å². The Morgan fingerprint density at radius 1 is 0.906 bits per heavy atom. The molecule has 32 heavy (non-hydrogen) atoms. The number of benzene rings is 1. The van der Waals surface area contributed by atoms with E-state index in [4.69, 9.17) is 4.74 Å². The minimum atomic E-state index is -0.150. The van der Waals surface area contributed by atoms with Gasteiger partial charge < -0.3 is 20.7 Å². The van der Waals surface area contributed by atoms with Gasteiger partial charge in [-0.1, -0.05) is 6.07 Å². The molecule has 0 bridgehead atoms. The zero-order valence-corrected chi connectivity index (χ0v) is 19.0. The molecule has 0 saturated carbocycles. The number of nitrogens with zero attached hydrogens (tertiary/aromatic N) is 2. The summed E-state index contributed by atoms with van der Waals surface area (Å²) in [6, 6.07) is 10.7. The van der Waals surface area contributed by atoms with Crippen molar-refractivity contribution in [2.75, 3.05) is 70.2 Å². The Morgan fingerprint density at radius 3 is 2.06 bits per heavy atom. The summed E-state index contributed by atoms with van der Waals surface area (Å²) in [6.45, 7) is 4.61. The number of rotatable bonds is 10. The highest BCUT2D eigenvalue weighted by Gasteiger charge is 2.20. The summed E-state index contributed by atoms with van der Waals surface area (Å²) in [7, 11) is 1.60. The Balaban J connectivity index is 1.36. The van der Waals surface area contributed by atoms with Crippen LogP contribution in [0.4, 0.5) is 11.4 Å². The third-order valence-electron chi connectivity index (χ3n) is 5.00. The molecular formula is C22H29N5O4S. The first kappa shape index (κ1) is 23.9. The Bertz CT molecular complexity index is 880. The van der Waals surface area contributed by atoms with E-state index in [-0.39, 0.29) is 17.7 Å². The number of ether oxygens (including phenoxy) is 1. The van der Waals surface area contributed by atoms with Gasteiger partial charge in [0.1, 0.15) is 0 Å². The second-order valence-corrected chi connectivity index (χ2v) is 8.40. The topological polar surface area (TPSA) is 103 Å². The predicted octanol–water partition coefficient (Wildman–Crippen LogP) is 1.32. The largest absolute Gasteiger partial charge is 0.383 e. The zero-order valence-electron chi connectivity index (χ0n) is 18.1. The fourth-order valence-corrected chi connectivity index (χ4v) is 3.92. The summed E-state index contributed by atoms with van der Waals surface area (Å²) in [5.41, 5.74) is 1.35. The van der Waals surface area contributed by atoms with Crippen LogP contribution in [-0.4, -0.2) is 87.1 Å². The van der Waals surface area contributed by atoms with E-state index in [0.717, 1.165) is 26.2 Å². The Morgan fingerprint density at radius 2 is 1.50 bits per heavy atom. The first-order chi connectivity index (χ1) is 15.5. The molecule has 3 N–H and O–H groups in total. The first-order valence-electron chi connectivity index (χ1n) is 10.5. The van der Waals surface area contributed by atoms with Gasteiger partial charge in [-0.3, -0.25) is 24.2 Å². The van der Waals surface area contributed by atoms with E-state index in [9.17, 15) is 14.4 Å². The van der Waals surface area contributed by atoms with E-state index in [1.54, 1.807) is 37.4 Å². The molecule has 10 heteroatoms. The smallest absolute Gasteiger partial charge is 0.265 e. The van der Waals surface area contributed by atoms with Crippen molar-refractivity contribution in [1.29, 1.82) is 0 Å². The summed E-state index contributed by atoms with van der Waals surface area (Å²) < 4.78 is 4.92. The minimum Gasteiger partial charge on any atom is -0.383 e. The second kappa shape index (κ2) is 12.3. The van der Waals surface area contributed by atoms with Crippen LogP contribution in [0.25, 0.3) is 0 Å². The summed E-state index contributed by atoms with van der Waals surface area (Å²) in [5.74, 6) is -0.252. The molecule has 2 heterocycles. The van der Waals surface area contributed by atoms with E-state index >= 15 is 0 Å². The lowest BCUT2D eigenvalue weighted by molar-refractivity contribution is -0.123. The standard InChI is InChI=1S/C22H29N5O4S/c1-31-13-8-23-20(28)15-26-9-11-27(12-10-26)16-21(29)24-17-4-6-18(7-5-17)25-22(30)19-3-2-14-32-19/h2-7,14H,8-13,15-16H2,1H3,(H,23,28)(H,24,29)(H,25,30). The molecule has 9 nitrogen and oxygen atoms in total. The fourth-order valence-electron chi connectivity index (χ4n) is 3.30. The highest BCUT2D eigenvalue weighted by Crippen LogP contribution is 2.16. The van der Waals surface area contributed by atoms with Gasteiger partial charge in [0.25, 0.3) is 5.91 Å². The third-order valence-corrected chi connectivity index (χ3v) is 5.87. The first-order valence-corrected chi connectivity index (χ1v) is 11.4. The lowest BCUT2D eigenvalue weighted by Gasteiger charge is -2.33. The van der Waals surface area contributed by atoms with Gasteiger partial charge >= 0.3 is 0 Å². The zero-order chi connectivity index (χ0) is 22.8. The number of anilines is 2. The highest BCUT2D eigenvalue weighted by atomic mass is 32.1. The number of piperazine rings is 1. The molecule has 3 amide bonds. The summed E-state index contributed by atoms with van der Waals surface area (Å²) >= 11 is 1.38. The number of carbonyl (C=O) groups is 3. The average Bonchev–Trinajstić information content (AvgIpc) is 3.32. The van der Waals surface area contributed by atoms with Crippen molar-refractivity contribution < 1.29 is 19.1 Å². The minimum absolute atomic E-state index is 0.0109. The van der Waals surface area contributed by atoms with E-state index in [0.29, 0.717) is 42.5 Å². The van der Waals surface area contributed by atoms with Crippen molar-refractivity contribution in [2.45, 2.75) is 0 Å². The number of hydrogen-bond acceptors (Lipinski definition) is 7. The molecule has 1 fully saturated rings. The molecule has 0 spiro atoms. The van der Waals surface area contributed by atoms with Crippen molar-refractivity contribution in [1.82, 2.24) is 15.1 Å². The third kappa shape index (κ3) is 7.72. The van der Waals surface area contributed by atoms with Crippen LogP contribution in [-0.2, 0) is 14.3 Å². The van der Waals surface area contributed by atoms with Crippen LogP contribution in [0.15, 0.2) is 41.8 Å². The Hall–Kier alpha value is -2.79. The maximum absolute atomic E-state index is 12.4. The number of carbonyl (C=O) groups excluding carboxylic acids is 3. The van der Waals surface area contributed by atoms with Crippen LogP contribution >= 0.6 is 11.3 Å². The van der Waals surface area contributed by atoms with E-state index < -0.39 is 0 Å². The molecule has 0 aliphatic carbocycles. The number of hydrogen-bond donors (Lipinski definition) is 3. The Kier molecular flexibility index (Phi) is 9.17. The van der Waals surface area contributed by atoms with Gasteiger partial charge in [-0.05, 0) is 35.7 Å². The van der Waals surface area contributed by atoms with Gasteiger partial charge in [-0.2, -0.15) is 0 Å². The number of amides is 3. The quantitative estimate of drug-likeness (QED) is 0.463. The molecule has 172 valence electrons. The van der Waals surface area contributed by atoms with Gasteiger partial charge in [-0.15, -0.1) is 11.3 Å². The molecule has 1 aliphatic heterocycles. The summed E-state index contributed by atoms with van der Waals surface area (Å²) in [6.07, 6.45) is 0. The average molecular weight is 460 g/mol. The Labute approximate surface area is 191 Å². The van der Waals surface area contributed by atoms with Crippen molar-refractivity contribution >= 4 is 40.4 Å². The van der Waals surface area contributed by atoms with E-state index in [1.165, 1.54) is 11.3 Å². The molecule has 0 unspecified atom stereocenters. The van der Waals surface area contributed by atoms with Gasteiger partial charge in [0, 0.05) is 51.2 Å². The maximum Gasteiger partial charge on any atom is 0.265 e. The van der Waals surface area contributed by atoms with Gasteiger partial charge in [0.05, 0.1) is 24.6 Å². The van der Waals surface area contributed by atoms with Crippen LogP contribution in [0.3, 0.4) is 0 Å². The summed E-state index contributed by atoms with van der Waals surface area (Å²) in [5, 5.41) is 10.4. The molecule has 0 radical (unpaired) electrons. The lowest BCUT2D eigenvalue weighted by atomic mass is 10.2. The van der Waals surface area contributed by atoms with Gasteiger partial charge in [0.2, 0.25) is 11.8 Å². The van der Waals surface area contributed by atoms with Crippen molar-refractivity contribution in [3.63, 3.8) is 0 Å². The molecule has 1 aromatic carbocycles. The normalized spacial score (nSPS) is 14.7. The molecule has 1 aromatic heterocycles. The van der Waals surface area contributed by atoms with Crippen LogP contribution in [0, 0.1) is 0 Å². The second-order valence-electron chi connectivity index (χ2n) is 7.45. The maximum atomic E-state index is 12.4. The van der Waals surface area contributed by atoms with Crippen LogP contribution in [0.5, 0.6) is 0 Å². The molecule has 0 atom stereocenters. The molecule has 2 aromatic rings. The van der Waals surface area contributed by atoms with Gasteiger partial charge in [-0.25, -0.2) is 0 Å². The number of thiophene rings is 1. The molecular weight excluding hydrogens is 430 g/mol. The lowest BCUT2D eigenvalue weighted by Crippen LogP contribution is -2.51. The van der Waals surface area contributed by atoms with Gasteiger partial charge in [0.15, 0.2) is 0 Å². The summed E-state index contributed by atoms with van der Waals surface area (Å²) in [4.78, 5) is 41.2. The number of nitrogens with one attached hydrogen (secondary N) is 3. The highest BCUT2D eigenvalue weighted by molar-refractivity contribution is 7.12. The molecule has 3 rings (SSSR count). The number of methoxy groups -OCH3 is 1. The molecule has 1 aliphatic rings. The molecule has 1 saturated heterocycles. The SMILES string of the molecule is COCCNC(=O)CN1CCN(CC(=O)Nc2ccc(NC(=O)c3cccs3)cc2)CC1. The fraction of sp³-hybridized carbons (Fsp3) is 0.409. The van der Waals surface area contributed by atoms with Crippen LogP contribution < -0.4 is 16.0 Å². The monoisotopic (exact) mass is 459 g/mol. The predicted molar refractivity (Wildman–Crippen MR) is 125 cm³/mol. The van der Waals surface area contributed by atoms with E-state index in [2.05, 4.69) is 25.8 Å². The van der Waals surface area contributed by atoms with Crippen LogP contribution in [0.1, 0.15) is 9.67 Å². The van der Waals surface area contributed by atoms with Crippen molar-refractivity contribution in [3.8, 4) is 0 Å². The van der Waals surface area contributed by atoms with E-state index in [1.807, 2.05) is 11.4 Å². The van der Waals surface area contributed by atoms with Crippen molar-refractivity contribution in [3.05, 3.63) is 46.7 Å².